The van der Waals surface area contributed by atoms with Gasteiger partial charge in [-0.3, -0.25) is 0 Å². The average molecular weight is 369 g/mol. The molecule has 0 aromatic heterocycles. The maximum absolute atomic E-state index is 9.00. The number of nitrogens with zero attached hydrogens (tertiary/aromatic N) is 1. The summed E-state index contributed by atoms with van der Waals surface area (Å²) in [7, 11) is 0. The van der Waals surface area contributed by atoms with Gasteiger partial charge in [-0.2, -0.15) is 0 Å². The van der Waals surface area contributed by atoms with Gasteiger partial charge in [0.2, 0.25) is 0 Å². The number of fused-ring (bicyclic) bond motifs is 2. The van der Waals surface area contributed by atoms with Crippen molar-refractivity contribution in [1.82, 2.24) is 0 Å². The van der Waals surface area contributed by atoms with E-state index < -0.39 is 0 Å². The van der Waals surface area contributed by atoms with Crippen molar-refractivity contribution in [1.29, 1.82) is 0 Å². The largest absolute Gasteiger partial charge is 0.488 e. The van der Waals surface area contributed by atoms with E-state index in [1.54, 1.807) is 0 Å². The molecule has 4 rings (SSSR count). The zero-order chi connectivity index (χ0) is 19.7. The van der Waals surface area contributed by atoms with E-state index >= 15 is 0 Å². The first kappa shape index (κ1) is 18.1. The fourth-order valence-electron chi connectivity index (χ4n) is 4.07. The number of oxime groups is 1. The Morgan fingerprint density at radius 3 is 2.07 bits per heavy atom. The Bertz CT molecular complexity index is 1150. The topological polar surface area (TPSA) is 41.8 Å². The summed E-state index contributed by atoms with van der Waals surface area (Å²) in [6.45, 7) is 6.55. The monoisotopic (exact) mass is 369 g/mol. The zero-order valence-corrected chi connectivity index (χ0v) is 16.4. The Morgan fingerprint density at radius 1 is 0.857 bits per heavy atom. The molecule has 0 radical (unpaired) electrons. The Kier molecular flexibility index (Phi) is 4.74. The predicted octanol–water partition coefficient (Wildman–Crippen LogP) is 6.31. The molecule has 140 valence electrons. The third-order valence-corrected chi connectivity index (χ3v) is 5.39. The molecule has 0 atom stereocenters. The molecular formula is C25H23NO2. The van der Waals surface area contributed by atoms with Crippen molar-refractivity contribution in [3.05, 3.63) is 88.5 Å². The van der Waals surface area contributed by atoms with E-state index in [9.17, 15) is 0 Å². The lowest BCUT2D eigenvalue weighted by atomic mass is 9.97. The van der Waals surface area contributed by atoms with Gasteiger partial charge in [-0.1, -0.05) is 59.8 Å². The second kappa shape index (κ2) is 7.35. The van der Waals surface area contributed by atoms with Crippen molar-refractivity contribution in [3.8, 4) is 5.75 Å². The maximum Gasteiger partial charge on any atom is 0.126 e. The maximum atomic E-state index is 9.00. The summed E-state index contributed by atoms with van der Waals surface area (Å²) in [5.74, 6) is 0.845. The standard InChI is InChI=1S/C25H23NO2/c1-16-12-17(2)25(18(3)23(16)14-26-27)28-15-24-21-10-6-4-8-19(21)13-20-9-5-7-11-22(20)24/h4-14,27H,15H2,1-3H3. The molecule has 28 heavy (non-hydrogen) atoms. The van der Waals surface area contributed by atoms with Crippen molar-refractivity contribution in [2.75, 3.05) is 0 Å². The highest BCUT2D eigenvalue weighted by molar-refractivity contribution is 6.02. The van der Waals surface area contributed by atoms with Crippen LogP contribution < -0.4 is 4.74 Å². The Labute approximate surface area is 164 Å². The number of hydrogen-bond acceptors (Lipinski definition) is 3. The van der Waals surface area contributed by atoms with Gasteiger partial charge in [0.25, 0.3) is 0 Å². The lowest BCUT2D eigenvalue weighted by Crippen LogP contribution is -2.04. The van der Waals surface area contributed by atoms with E-state index in [1.165, 1.54) is 33.3 Å². The number of hydrogen-bond donors (Lipinski definition) is 1. The van der Waals surface area contributed by atoms with Crippen molar-refractivity contribution in [2.24, 2.45) is 5.16 Å². The molecule has 3 heteroatoms. The molecule has 4 aromatic carbocycles. The van der Waals surface area contributed by atoms with Crippen LogP contribution in [0.15, 0.2) is 65.8 Å². The van der Waals surface area contributed by atoms with Crippen LogP contribution in [0.25, 0.3) is 21.5 Å². The summed E-state index contributed by atoms with van der Waals surface area (Å²) in [6, 6.07) is 21.2. The highest BCUT2D eigenvalue weighted by Crippen LogP contribution is 2.32. The molecule has 0 unspecified atom stereocenters. The van der Waals surface area contributed by atoms with E-state index in [-0.39, 0.29) is 0 Å². The summed E-state index contributed by atoms with van der Waals surface area (Å²) in [4.78, 5) is 0. The average Bonchev–Trinajstić information content (AvgIpc) is 2.70. The van der Waals surface area contributed by atoms with E-state index in [4.69, 9.17) is 9.94 Å². The van der Waals surface area contributed by atoms with Gasteiger partial charge in [-0.15, -0.1) is 0 Å². The second-order valence-electron chi connectivity index (χ2n) is 7.21. The summed E-state index contributed by atoms with van der Waals surface area (Å²) < 4.78 is 6.37. The summed E-state index contributed by atoms with van der Waals surface area (Å²) in [6.07, 6.45) is 1.48. The van der Waals surface area contributed by atoms with Gasteiger partial charge in [0.15, 0.2) is 0 Å². The van der Waals surface area contributed by atoms with Crippen LogP contribution in [-0.4, -0.2) is 11.4 Å². The van der Waals surface area contributed by atoms with Crippen molar-refractivity contribution >= 4 is 27.8 Å². The molecule has 0 spiro atoms. The molecule has 0 bridgehead atoms. The highest BCUT2D eigenvalue weighted by Gasteiger charge is 2.13. The first-order chi connectivity index (χ1) is 13.6. The van der Waals surface area contributed by atoms with Gasteiger partial charge in [0.1, 0.15) is 12.4 Å². The molecule has 0 saturated heterocycles. The molecule has 0 aliphatic rings. The molecule has 0 fully saturated rings. The summed E-state index contributed by atoms with van der Waals surface area (Å²) in [5, 5.41) is 17.1. The van der Waals surface area contributed by atoms with Crippen molar-refractivity contribution in [2.45, 2.75) is 27.4 Å². The van der Waals surface area contributed by atoms with Crippen molar-refractivity contribution in [3.63, 3.8) is 0 Å². The first-order valence-corrected chi connectivity index (χ1v) is 9.40. The van der Waals surface area contributed by atoms with Crippen LogP contribution in [0.2, 0.25) is 0 Å². The minimum Gasteiger partial charge on any atom is -0.488 e. The van der Waals surface area contributed by atoms with Gasteiger partial charge >= 0.3 is 0 Å². The molecule has 0 aliphatic carbocycles. The normalized spacial score (nSPS) is 11.5. The van der Waals surface area contributed by atoms with Crippen LogP contribution in [-0.2, 0) is 6.61 Å². The van der Waals surface area contributed by atoms with Crippen LogP contribution in [0.5, 0.6) is 5.75 Å². The fourth-order valence-corrected chi connectivity index (χ4v) is 4.07. The molecule has 4 aromatic rings. The highest BCUT2D eigenvalue weighted by atomic mass is 16.5. The first-order valence-electron chi connectivity index (χ1n) is 9.40. The number of aryl methyl sites for hydroxylation is 2. The molecule has 0 amide bonds. The third-order valence-electron chi connectivity index (χ3n) is 5.39. The summed E-state index contributed by atoms with van der Waals surface area (Å²) in [5.41, 5.74) is 5.21. The Hall–Kier alpha value is -3.33. The SMILES string of the molecule is Cc1cc(C)c(OCc2c3ccccc3cc3ccccc23)c(C)c1C=NO. The van der Waals surface area contributed by atoms with Gasteiger partial charge in [-0.25, -0.2) is 0 Å². The van der Waals surface area contributed by atoms with Gasteiger partial charge in [-0.05, 0) is 59.5 Å². The smallest absolute Gasteiger partial charge is 0.126 e. The van der Waals surface area contributed by atoms with Crippen molar-refractivity contribution < 1.29 is 9.94 Å². The number of rotatable bonds is 4. The Balaban J connectivity index is 1.82. The number of benzene rings is 4. The molecule has 0 aliphatic heterocycles. The van der Waals surface area contributed by atoms with E-state index in [0.717, 1.165) is 28.0 Å². The van der Waals surface area contributed by atoms with E-state index in [1.807, 2.05) is 13.8 Å². The van der Waals surface area contributed by atoms with Crippen LogP contribution >= 0.6 is 0 Å². The van der Waals surface area contributed by atoms with E-state index in [2.05, 4.69) is 72.7 Å². The number of ether oxygens (including phenoxy) is 1. The van der Waals surface area contributed by atoms with Gasteiger partial charge in [0, 0.05) is 16.7 Å². The molecule has 0 saturated carbocycles. The molecule has 0 heterocycles. The predicted molar refractivity (Wildman–Crippen MR) is 116 cm³/mol. The van der Waals surface area contributed by atoms with Gasteiger partial charge in [0.05, 0.1) is 6.21 Å². The zero-order valence-electron chi connectivity index (χ0n) is 16.4. The van der Waals surface area contributed by atoms with Crippen LogP contribution in [0.4, 0.5) is 0 Å². The van der Waals surface area contributed by atoms with Crippen LogP contribution in [0.1, 0.15) is 27.8 Å². The third kappa shape index (κ3) is 3.09. The fraction of sp³-hybridized carbons (Fsp3) is 0.160. The lowest BCUT2D eigenvalue weighted by Gasteiger charge is -2.18. The quantitative estimate of drug-likeness (QED) is 0.198. The minimum atomic E-state index is 0.475. The van der Waals surface area contributed by atoms with E-state index in [0.29, 0.717) is 6.61 Å². The molecule has 3 nitrogen and oxygen atoms in total. The lowest BCUT2D eigenvalue weighted by molar-refractivity contribution is 0.304. The molecule has 1 N–H and O–H groups in total. The molecular weight excluding hydrogens is 346 g/mol. The van der Waals surface area contributed by atoms with Crippen LogP contribution in [0.3, 0.4) is 0 Å². The van der Waals surface area contributed by atoms with Crippen LogP contribution in [0, 0.1) is 20.8 Å². The Morgan fingerprint density at radius 2 is 1.46 bits per heavy atom. The second-order valence-corrected chi connectivity index (χ2v) is 7.21. The summed E-state index contributed by atoms with van der Waals surface area (Å²) >= 11 is 0. The minimum absolute atomic E-state index is 0.475. The van der Waals surface area contributed by atoms with Gasteiger partial charge < -0.3 is 9.94 Å².